The third kappa shape index (κ3) is 3.51. The zero-order chi connectivity index (χ0) is 13.0. The summed E-state index contributed by atoms with van der Waals surface area (Å²) in [7, 11) is 0. The van der Waals surface area contributed by atoms with Crippen LogP contribution in [0.2, 0.25) is 0 Å². The van der Waals surface area contributed by atoms with E-state index in [0.29, 0.717) is 0 Å². The van der Waals surface area contributed by atoms with E-state index >= 15 is 0 Å². The Balaban J connectivity index is 2.66. The summed E-state index contributed by atoms with van der Waals surface area (Å²) in [6, 6.07) is 4.56. The maximum atomic E-state index is 12.5. The number of halogens is 1. The lowest BCUT2D eigenvalue weighted by Gasteiger charge is -2.17. The molecular weight excluding hydrogens is 233 g/mol. The SMILES string of the molecule is O=C([O-])[C@@H](O)[C@@H](O)C(=O)Nc1ccc(F)cc1. The normalized spacial score (nSPS) is 13.8. The summed E-state index contributed by atoms with van der Waals surface area (Å²) in [5.74, 6) is -3.61. The van der Waals surface area contributed by atoms with Gasteiger partial charge in [0, 0.05) is 5.69 Å². The van der Waals surface area contributed by atoms with Crippen molar-refractivity contribution in [3.8, 4) is 0 Å². The van der Waals surface area contributed by atoms with Crippen molar-refractivity contribution in [2.45, 2.75) is 12.2 Å². The molecule has 0 saturated carbocycles. The summed E-state index contributed by atoms with van der Waals surface area (Å²) in [5, 5.41) is 30.3. The fraction of sp³-hybridized carbons (Fsp3) is 0.200. The van der Waals surface area contributed by atoms with E-state index in [0.717, 1.165) is 12.1 Å². The Hall–Kier alpha value is -1.99. The predicted octanol–water partition coefficient (Wildman–Crippen LogP) is -1.76. The van der Waals surface area contributed by atoms with Crippen molar-refractivity contribution in [3.63, 3.8) is 0 Å². The molecule has 0 bridgehead atoms. The zero-order valence-electron chi connectivity index (χ0n) is 8.46. The predicted molar refractivity (Wildman–Crippen MR) is 52.1 cm³/mol. The third-order valence-corrected chi connectivity index (χ3v) is 1.92. The van der Waals surface area contributed by atoms with Crippen molar-refractivity contribution in [2.75, 3.05) is 5.32 Å². The number of aliphatic hydroxyl groups is 2. The fourth-order valence-electron chi connectivity index (χ4n) is 1.02. The molecule has 1 amide bonds. The third-order valence-electron chi connectivity index (χ3n) is 1.92. The molecule has 0 fully saturated rings. The average molecular weight is 242 g/mol. The molecule has 1 aromatic rings. The highest BCUT2D eigenvalue weighted by Gasteiger charge is 2.25. The molecule has 0 aromatic heterocycles. The van der Waals surface area contributed by atoms with Crippen LogP contribution in [-0.4, -0.2) is 34.3 Å². The van der Waals surface area contributed by atoms with Gasteiger partial charge in [0.15, 0.2) is 6.10 Å². The summed E-state index contributed by atoms with van der Waals surface area (Å²) in [5.41, 5.74) is 0.154. The van der Waals surface area contributed by atoms with Gasteiger partial charge in [0.2, 0.25) is 0 Å². The molecule has 92 valence electrons. The summed E-state index contributed by atoms with van der Waals surface area (Å²) >= 11 is 0. The minimum atomic E-state index is -2.32. The molecule has 0 aliphatic carbocycles. The molecule has 0 spiro atoms. The first-order valence-electron chi connectivity index (χ1n) is 4.55. The van der Waals surface area contributed by atoms with Gasteiger partial charge < -0.3 is 25.4 Å². The standard InChI is InChI=1S/C10H10FNO5/c11-5-1-3-6(4-2-5)12-9(15)7(13)8(14)10(16)17/h1-4,7-8,13-14H,(H,12,15)(H,16,17)/p-1/t7-,8+/m1/s1. The summed E-state index contributed by atoms with van der Waals surface area (Å²) < 4.78 is 12.5. The Kier molecular flexibility index (Phi) is 4.13. The van der Waals surface area contributed by atoms with Gasteiger partial charge in [0.1, 0.15) is 11.9 Å². The number of hydrogen-bond acceptors (Lipinski definition) is 5. The van der Waals surface area contributed by atoms with Crippen LogP contribution in [0.25, 0.3) is 0 Å². The molecule has 3 N–H and O–H groups in total. The highest BCUT2D eigenvalue weighted by atomic mass is 19.1. The molecule has 0 saturated heterocycles. The molecule has 1 rings (SSSR count). The van der Waals surface area contributed by atoms with Crippen molar-refractivity contribution in [1.82, 2.24) is 0 Å². The molecule has 2 atom stereocenters. The van der Waals surface area contributed by atoms with Crippen molar-refractivity contribution in [3.05, 3.63) is 30.1 Å². The van der Waals surface area contributed by atoms with E-state index in [-0.39, 0.29) is 5.69 Å². The lowest BCUT2D eigenvalue weighted by Crippen LogP contribution is -2.48. The van der Waals surface area contributed by atoms with Gasteiger partial charge in [-0.3, -0.25) is 4.79 Å². The molecule has 0 aliphatic heterocycles. The first-order chi connectivity index (χ1) is 7.91. The second-order valence-corrected chi connectivity index (χ2v) is 3.20. The Labute approximate surface area is 95.3 Å². The highest BCUT2D eigenvalue weighted by molar-refractivity contribution is 5.96. The van der Waals surface area contributed by atoms with Crippen molar-refractivity contribution in [1.29, 1.82) is 0 Å². The molecule has 6 nitrogen and oxygen atoms in total. The van der Waals surface area contributed by atoms with Gasteiger partial charge >= 0.3 is 0 Å². The van der Waals surface area contributed by atoms with Crippen molar-refractivity contribution in [2.24, 2.45) is 0 Å². The number of carboxylic acid groups (broad SMARTS) is 1. The largest absolute Gasteiger partial charge is 0.547 e. The molecular formula is C10H9FNO5-. The van der Waals surface area contributed by atoms with Crippen LogP contribution in [0, 0.1) is 5.82 Å². The van der Waals surface area contributed by atoms with E-state index in [1.807, 2.05) is 0 Å². The number of anilines is 1. The van der Waals surface area contributed by atoms with Crippen LogP contribution in [0.4, 0.5) is 10.1 Å². The van der Waals surface area contributed by atoms with E-state index in [1.54, 1.807) is 0 Å². The van der Waals surface area contributed by atoms with Gasteiger partial charge in [-0.2, -0.15) is 0 Å². The summed E-state index contributed by atoms with van der Waals surface area (Å²) in [6.45, 7) is 0. The number of amides is 1. The number of carboxylic acids is 1. The topological polar surface area (TPSA) is 110 Å². The second-order valence-electron chi connectivity index (χ2n) is 3.20. The maximum Gasteiger partial charge on any atom is 0.256 e. The molecule has 0 radical (unpaired) electrons. The van der Waals surface area contributed by atoms with Crippen molar-refractivity contribution >= 4 is 17.6 Å². The van der Waals surface area contributed by atoms with Gasteiger partial charge in [-0.05, 0) is 24.3 Å². The summed E-state index contributed by atoms with van der Waals surface area (Å²) in [4.78, 5) is 21.4. The van der Waals surface area contributed by atoms with E-state index in [9.17, 15) is 19.1 Å². The van der Waals surface area contributed by atoms with E-state index in [1.165, 1.54) is 12.1 Å². The van der Waals surface area contributed by atoms with Crippen LogP contribution >= 0.6 is 0 Å². The molecule has 1 aromatic carbocycles. The number of benzene rings is 1. The number of rotatable bonds is 4. The van der Waals surface area contributed by atoms with Gasteiger partial charge in [-0.1, -0.05) is 0 Å². The smallest absolute Gasteiger partial charge is 0.256 e. The van der Waals surface area contributed by atoms with Crippen LogP contribution in [0.3, 0.4) is 0 Å². The Morgan fingerprint density at radius 3 is 2.18 bits per heavy atom. The van der Waals surface area contributed by atoms with E-state index in [4.69, 9.17) is 10.2 Å². The summed E-state index contributed by atoms with van der Waals surface area (Å²) in [6.07, 6.45) is -4.49. The van der Waals surface area contributed by atoms with Crippen LogP contribution in [0.15, 0.2) is 24.3 Å². The number of hydrogen-bond donors (Lipinski definition) is 3. The molecule has 0 aliphatic rings. The lowest BCUT2D eigenvalue weighted by atomic mass is 10.2. The van der Waals surface area contributed by atoms with Crippen LogP contribution in [-0.2, 0) is 9.59 Å². The quantitative estimate of drug-likeness (QED) is 0.579. The maximum absolute atomic E-state index is 12.5. The average Bonchev–Trinajstić information content (AvgIpc) is 2.30. The van der Waals surface area contributed by atoms with Crippen molar-refractivity contribution < 1.29 is 29.3 Å². The monoisotopic (exact) mass is 242 g/mol. The Morgan fingerprint density at radius 1 is 1.18 bits per heavy atom. The van der Waals surface area contributed by atoms with E-state index in [2.05, 4.69) is 5.32 Å². The van der Waals surface area contributed by atoms with Gasteiger partial charge in [0.05, 0.1) is 5.97 Å². The zero-order valence-corrected chi connectivity index (χ0v) is 8.46. The Morgan fingerprint density at radius 2 is 1.71 bits per heavy atom. The highest BCUT2D eigenvalue weighted by Crippen LogP contribution is 2.09. The van der Waals surface area contributed by atoms with Gasteiger partial charge in [-0.25, -0.2) is 4.39 Å². The lowest BCUT2D eigenvalue weighted by molar-refractivity contribution is -0.317. The van der Waals surface area contributed by atoms with Gasteiger partial charge in [0.25, 0.3) is 5.91 Å². The minimum Gasteiger partial charge on any atom is -0.547 e. The number of nitrogens with one attached hydrogen (secondary N) is 1. The number of aliphatic carboxylic acids is 1. The number of carbonyl (C=O) groups excluding carboxylic acids is 2. The van der Waals surface area contributed by atoms with Crippen LogP contribution in [0.5, 0.6) is 0 Å². The van der Waals surface area contributed by atoms with E-state index < -0.39 is 29.9 Å². The first-order valence-corrected chi connectivity index (χ1v) is 4.55. The molecule has 0 unspecified atom stereocenters. The van der Waals surface area contributed by atoms with Crippen LogP contribution in [0.1, 0.15) is 0 Å². The fourth-order valence-corrected chi connectivity index (χ4v) is 1.02. The number of aliphatic hydroxyl groups excluding tert-OH is 2. The van der Waals surface area contributed by atoms with Gasteiger partial charge in [-0.15, -0.1) is 0 Å². The van der Waals surface area contributed by atoms with Crippen LogP contribution < -0.4 is 10.4 Å². The minimum absolute atomic E-state index is 0.154. The first kappa shape index (κ1) is 13.1. The second kappa shape index (κ2) is 5.37. The molecule has 17 heavy (non-hydrogen) atoms. The molecule has 0 heterocycles. The number of carbonyl (C=O) groups is 2. The Bertz CT molecular complexity index is 419. The molecule has 7 heteroatoms.